The summed E-state index contributed by atoms with van der Waals surface area (Å²) in [5, 5.41) is 1.02. The van der Waals surface area contributed by atoms with Crippen molar-refractivity contribution in [3.05, 3.63) is 77.4 Å². The summed E-state index contributed by atoms with van der Waals surface area (Å²) >= 11 is 0. The van der Waals surface area contributed by atoms with Crippen molar-refractivity contribution in [2.24, 2.45) is 0 Å². The molecule has 0 heterocycles. The molecular formula is C17H11F4NO3. The van der Waals surface area contributed by atoms with Gasteiger partial charge in [-0.25, -0.2) is 27.4 Å². The molecule has 0 aromatic heterocycles. The lowest BCUT2D eigenvalue weighted by Crippen LogP contribution is -2.26. The number of rotatable bonds is 5. The highest BCUT2D eigenvalue weighted by Crippen LogP contribution is 2.21. The molecule has 0 amide bonds. The van der Waals surface area contributed by atoms with Gasteiger partial charge in [-0.2, -0.15) is 0 Å². The number of halogens is 4. The topological polar surface area (TPSA) is 46.6 Å². The largest absolute Gasteiger partial charge is 0.366 e. The molecule has 0 aliphatic heterocycles. The van der Waals surface area contributed by atoms with Crippen LogP contribution in [0.3, 0.4) is 0 Å². The van der Waals surface area contributed by atoms with Crippen LogP contribution in [0.4, 0.5) is 23.2 Å². The van der Waals surface area contributed by atoms with Crippen LogP contribution in [0.15, 0.2) is 48.6 Å². The highest BCUT2D eigenvalue weighted by Gasteiger charge is 2.28. The molecule has 25 heavy (non-hydrogen) atoms. The predicted molar refractivity (Wildman–Crippen MR) is 80.7 cm³/mol. The van der Waals surface area contributed by atoms with Crippen LogP contribution in [0.5, 0.6) is 0 Å². The molecule has 0 radical (unpaired) electrons. The summed E-state index contributed by atoms with van der Waals surface area (Å²) in [6.45, 7) is 3.14. The SMILES string of the molecule is C=C(C(=O)ON(C)c1ccccc1)C(=O)c1cc(F)c(F)c(F)c1F. The quantitative estimate of drug-likeness (QED) is 0.120. The molecule has 4 nitrogen and oxygen atoms in total. The fourth-order valence-electron chi connectivity index (χ4n) is 1.86. The lowest BCUT2D eigenvalue weighted by atomic mass is 10.0. The monoisotopic (exact) mass is 353 g/mol. The summed E-state index contributed by atoms with van der Waals surface area (Å²) in [5.41, 5.74) is -1.59. The van der Waals surface area contributed by atoms with Gasteiger partial charge in [0.2, 0.25) is 5.78 Å². The van der Waals surface area contributed by atoms with Gasteiger partial charge < -0.3 is 4.84 Å². The average Bonchev–Trinajstić information content (AvgIpc) is 2.62. The molecule has 0 fully saturated rings. The number of hydroxylamine groups is 1. The van der Waals surface area contributed by atoms with Gasteiger partial charge in [0.25, 0.3) is 0 Å². The Balaban J connectivity index is 2.20. The van der Waals surface area contributed by atoms with Crippen molar-refractivity contribution in [3.8, 4) is 0 Å². The van der Waals surface area contributed by atoms with Gasteiger partial charge in [0, 0.05) is 7.05 Å². The van der Waals surface area contributed by atoms with E-state index in [2.05, 4.69) is 6.58 Å². The van der Waals surface area contributed by atoms with Crippen LogP contribution in [0.2, 0.25) is 0 Å². The standard InChI is InChI=1S/C17H11F4NO3/c1-9(17(24)25-22(2)10-6-4-3-5-7-10)16(23)11-8-12(18)14(20)15(21)13(11)19/h3-8H,1H2,2H3. The highest BCUT2D eigenvalue weighted by molar-refractivity contribution is 6.23. The van der Waals surface area contributed by atoms with E-state index in [9.17, 15) is 27.2 Å². The summed E-state index contributed by atoms with van der Waals surface area (Å²) in [4.78, 5) is 28.8. The van der Waals surface area contributed by atoms with Crippen LogP contribution in [-0.2, 0) is 9.63 Å². The number of ketones is 1. The number of carbonyl (C=O) groups is 2. The summed E-state index contributed by atoms with van der Waals surface area (Å²) in [6, 6.07) is 8.40. The molecule has 2 rings (SSSR count). The number of benzene rings is 2. The zero-order valence-corrected chi connectivity index (χ0v) is 12.9. The second-order valence-corrected chi connectivity index (χ2v) is 4.87. The van der Waals surface area contributed by atoms with Crippen LogP contribution < -0.4 is 5.06 Å². The fourth-order valence-corrected chi connectivity index (χ4v) is 1.86. The summed E-state index contributed by atoms with van der Waals surface area (Å²) in [5.74, 6) is -10.6. The van der Waals surface area contributed by atoms with Crippen molar-refractivity contribution < 1.29 is 32.0 Å². The molecule has 0 unspecified atom stereocenters. The Labute approximate surface area is 139 Å². The van der Waals surface area contributed by atoms with Crippen molar-refractivity contribution in [3.63, 3.8) is 0 Å². The maximum atomic E-state index is 13.6. The van der Waals surface area contributed by atoms with E-state index < -0.39 is 46.2 Å². The minimum atomic E-state index is -2.16. The van der Waals surface area contributed by atoms with E-state index in [0.717, 1.165) is 5.06 Å². The molecule has 0 atom stereocenters. The predicted octanol–water partition coefficient (Wildman–Crippen LogP) is 3.58. The number of hydrogen-bond acceptors (Lipinski definition) is 4. The first-order chi connectivity index (χ1) is 11.7. The first kappa shape index (κ1) is 18.2. The summed E-state index contributed by atoms with van der Waals surface area (Å²) < 4.78 is 53.0. The number of para-hydroxylation sites is 1. The van der Waals surface area contributed by atoms with Gasteiger partial charge in [0.15, 0.2) is 23.3 Å². The first-order valence-electron chi connectivity index (χ1n) is 6.81. The van der Waals surface area contributed by atoms with Gasteiger partial charge in [-0.3, -0.25) is 4.79 Å². The van der Waals surface area contributed by atoms with Gasteiger partial charge in [-0.1, -0.05) is 24.8 Å². The van der Waals surface area contributed by atoms with E-state index in [4.69, 9.17) is 4.84 Å². The van der Waals surface area contributed by atoms with Crippen molar-refractivity contribution in [1.82, 2.24) is 0 Å². The maximum Gasteiger partial charge on any atom is 0.366 e. The molecule has 0 aliphatic rings. The molecule has 0 saturated carbocycles. The van der Waals surface area contributed by atoms with Crippen LogP contribution in [-0.4, -0.2) is 18.8 Å². The molecule has 0 saturated heterocycles. The number of carbonyl (C=O) groups excluding carboxylic acids is 2. The molecule has 2 aromatic rings. The van der Waals surface area contributed by atoms with Gasteiger partial charge in [0.05, 0.1) is 11.3 Å². The van der Waals surface area contributed by atoms with E-state index in [0.29, 0.717) is 5.69 Å². The number of Topliss-reactive ketones (excluding diaryl/α,β-unsaturated/α-hetero) is 1. The molecule has 0 aliphatic carbocycles. The van der Waals surface area contributed by atoms with Crippen molar-refractivity contribution in [1.29, 1.82) is 0 Å². The van der Waals surface area contributed by atoms with E-state index in [1.165, 1.54) is 7.05 Å². The van der Waals surface area contributed by atoms with E-state index in [1.807, 2.05) is 0 Å². The normalized spacial score (nSPS) is 10.3. The van der Waals surface area contributed by atoms with Crippen LogP contribution >= 0.6 is 0 Å². The Morgan fingerprint density at radius 3 is 2.20 bits per heavy atom. The van der Waals surface area contributed by atoms with Crippen molar-refractivity contribution in [2.45, 2.75) is 0 Å². The second-order valence-electron chi connectivity index (χ2n) is 4.87. The highest BCUT2D eigenvalue weighted by atomic mass is 19.2. The maximum absolute atomic E-state index is 13.6. The third-order valence-corrected chi connectivity index (χ3v) is 3.21. The molecule has 0 spiro atoms. The van der Waals surface area contributed by atoms with Crippen LogP contribution in [0.25, 0.3) is 0 Å². The Kier molecular flexibility index (Phi) is 5.21. The minimum Gasteiger partial charge on any atom is -0.335 e. The smallest absolute Gasteiger partial charge is 0.335 e. The van der Waals surface area contributed by atoms with Gasteiger partial charge >= 0.3 is 5.97 Å². The zero-order valence-electron chi connectivity index (χ0n) is 12.9. The molecule has 0 bridgehead atoms. The molecule has 2 aromatic carbocycles. The summed E-state index contributed by atoms with van der Waals surface area (Å²) in [7, 11) is 1.36. The molecule has 0 N–H and O–H groups in total. The lowest BCUT2D eigenvalue weighted by molar-refractivity contribution is -0.139. The van der Waals surface area contributed by atoms with Gasteiger partial charge in [-0.15, -0.1) is 0 Å². The van der Waals surface area contributed by atoms with Crippen molar-refractivity contribution in [2.75, 3.05) is 12.1 Å². The number of hydrogen-bond donors (Lipinski definition) is 0. The van der Waals surface area contributed by atoms with E-state index >= 15 is 0 Å². The number of nitrogens with zero attached hydrogens (tertiary/aromatic N) is 1. The minimum absolute atomic E-state index is 0.148. The Hall–Kier alpha value is -3.16. The average molecular weight is 353 g/mol. The second kappa shape index (κ2) is 7.16. The zero-order chi connectivity index (χ0) is 18.7. The van der Waals surface area contributed by atoms with Crippen LogP contribution in [0.1, 0.15) is 10.4 Å². The van der Waals surface area contributed by atoms with Gasteiger partial charge in [-0.05, 0) is 18.2 Å². The van der Waals surface area contributed by atoms with Crippen LogP contribution in [0, 0.1) is 23.3 Å². The third-order valence-electron chi connectivity index (χ3n) is 3.21. The number of anilines is 1. The van der Waals surface area contributed by atoms with E-state index in [1.54, 1.807) is 30.3 Å². The lowest BCUT2D eigenvalue weighted by Gasteiger charge is -2.18. The Bertz CT molecular complexity index is 853. The Morgan fingerprint density at radius 1 is 1.00 bits per heavy atom. The molecule has 8 heteroatoms. The van der Waals surface area contributed by atoms with Gasteiger partial charge in [0.1, 0.15) is 5.57 Å². The molecule has 130 valence electrons. The fraction of sp³-hybridized carbons (Fsp3) is 0.0588. The van der Waals surface area contributed by atoms with E-state index in [-0.39, 0.29) is 6.07 Å². The molecular weight excluding hydrogens is 342 g/mol. The Morgan fingerprint density at radius 2 is 1.60 bits per heavy atom. The van der Waals surface area contributed by atoms with Crippen molar-refractivity contribution >= 4 is 17.4 Å². The summed E-state index contributed by atoms with van der Waals surface area (Å²) in [6.07, 6.45) is 0. The first-order valence-corrected chi connectivity index (χ1v) is 6.81. The third kappa shape index (κ3) is 3.68.